The zero-order valence-corrected chi connectivity index (χ0v) is 27.0. The van der Waals surface area contributed by atoms with Crippen LogP contribution in [0.2, 0.25) is 5.02 Å². The number of sulfonamides is 1. The lowest BCUT2D eigenvalue weighted by Crippen LogP contribution is -2.53. The molecular formula is C35H38ClN3O4S. The van der Waals surface area contributed by atoms with Crippen LogP contribution in [0, 0.1) is 20.8 Å². The summed E-state index contributed by atoms with van der Waals surface area (Å²) in [4.78, 5) is 29.6. The highest BCUT2D eigenvalue weighted by Gasteiger charge is 2.35. The molecule has 44 heavy (non-hydrogen) atoms. The lowest BCUT2D eigenvalue weighted by atomic mass is 10.0. The van der Waals surface area contributed by atoms with Crippen LogP contribution in [0.15, 0.2) is 102 Å². The van der Waals surface area contributed by atoms with Gasteiger partial charge in [0, 0.05) is 24.5 Å². The zero-order valence-electron chi connectivity index (χ0n) is 25.5. The number of aryl methyl sites for hydroxylation is 2. The highest BCUT2D eigenvalue weighted by Crippen LogP contribution is 2.29. The average molecular weight is 632 g/mol. The summed E-state index contributed by atoms with van der Waals surface area (Å²) < 4.78 is 29.6. The normalized spacial score (nSPS) is 11.9. The van der Waals surface area contributed by atoms with Crippen molar-refractivity contribution in [2.24, 2.45) is 0 Å². The lowest BCUT2D eigenvalue weighted by molar-refractivity contribution is -0.140. The number of amides is 2. The molecule has 0 aliphatic heterocycles. The van der Waals surface area contributed by atoms with E-state index in [9.17, 15) is 18.0 Å². The largest absolute Gasteiger partial charge is 0.355 e. The van der Waals surface area contributed by atoms with Crippen molar-refractivity contribution < 1.29 is 18.0 Å². The van der Waals surface area contributed by atoms with Crippen LogP contribution >= 0.6 is 11.6 Å². The third-order valence-electron chi connectivity index (χ3n) is 7.60. The molecule has 0 aliphatic rings. The molecular weight excluding hydrogens is 594 g/mol. The Morgan fingerprint density at radius 2 is 1.50 bits per heavy atom. The maximum absolute atomic E-state index is 14.5. The number of anilines is 1. The van der Waals surface area contributed by atoms with Crippen molar-refractivity contribution in [1.29, 1.82) is 0 Å². The number of halogens is 1. The molecule has 4 aromatic rings. The molecule has 0 radical (unpaired) electrons. The summed E-state index contributed by atoms with van der Waals surface area (Å²) in [5.41, 5.74) is 4.52. The van der Waals surface area contributed by atoms with E-state index in [1.165, 1.54) is 4.90 Å². The molecule has 7 nitrogen and oxygen atoms in total. The summed E-state index contributed by atoms with van der Waals surface area (Å²) in [6, 6.07) is 27.5. The zero-order chi connectivity index (χ0) is 31.9. The number of carbonyl (C=O) groups excluding carboxylic acids is 2. The van der Waals surface area contributed by atoms with E-state index in [1.807, 2.05) is 70.2 Å². The lowest BCUT2D eigenvalue weighted by Gasteiger charge is -2.34. The quantitative estimate of drug-likeness (QED) is 0.201. The van der Waals surface area contributed by atoms with Crippen LogP contribution in [0.1, 0.15) is 34.7 Å². The molecule has 230 valence electrons. The Kier molecular flexibility index (Phi) is 10.8. The first-order valence-electron chi connectivity index (χ1n) is 14.5. The van der Waals surface area contributed by atoms with Gasteiger partial charge in [0.05, 0.1) is 10.6 Å². The maximum Gasteiger partial charge on any atom is 0.264 e. The number of nitrogens with zero attached hydrogens (tertiary/aromatic N) is 2. The maximum atomic E-state index is 14.5. The van der Waals surface area contributed by atoms with Crippen LogP contribution in [-0.4, -0.2) is 44.3 Å². The first-order chi connectivity index (χ1) is 21.0. The van der Waals surface area contributed by atoms with Gasteiger partial charge in [-0.05, 0) is 80.3 Å². The predicted octanol–water partition coefficient (Wildman–Crippen LogP) is 6.24. The molecule has 0 saturated heterocycles. The molecule has 0 spiro atoms. The van der Waals surface area contributed by atoms with Crippen LogP contribution in [0.4, 0.5) is 5.69 Å². The molecule has 4 aromatic carbocycles. The summed E-state index contributed by atoms with van der Waals surface area (Å²) >= 11 is 6.29. The second kappa shape index (κ2) is 14.6. The number of nitrogens with one attached hydrogen (secondary N) is 1. The first-order valence-corrected chi connectivity index (χ1v) is 16.3. The SMILES string of the molecule is CCNC(=O)[C@@H](Cc1ccccc1)N(Cc1cccc(Cl)c1)C(=O)CN(c1cccc(C)c1C)S(=O)(=O)c1ccc(C)cc1. The molecule has 4 rings (SSSR count). The van der Waals surface area contributed by atoms with E-state index in [0.717, 1.165) is 26.6 Å². The van der Waals surface area contributed by atoms with Gasteiger partial charge in [0.2, 0.25) is 11.8 Å². The molecule has 0 fully saturated rings. The Bertz CT molecular complexity index is 1710. The standard InChI is InChI=1S/C35H38ClN3O4S/c1-5-37-35(41)33(22-28-12-7-6-8-13-28)38(23-29-14-10-15-30(36)21-29)34(40)24-39(32-16-9-11-26(3)27(32)4)44(42,43)31-19-17-25(2)18-20-31/h6-21,33H,5,22-24H2,1-4H3,(H,37,41)/t33-/m1/s1. The Labute approximate surface area is 265 Å². The van der Waals surface area contributed by atoms with Crippen molar-refractivity contribution in [3.8, 4) is 0 Å². The van der Waals surface area contributed by atoms with Gasteiger partial charge >= 0.3 is 0 Å². The van der Waals surface area contributed by atoms with Crippen molar-refractivity contribution >= 4 is 39.1 Å². The molecule has 0 heterocycles. The minimum Gasteiger partial charge on any atom is -0.355 e. The molecule has 0 saturated carbocycles. The van der Waals surface area contributed by atoms with Crippen LogP contribution in [0.3, 0.4) is 0 Å². The van der Waals surface area contributed by atoms with Gasteiger partial charge in [0.1, 0.15) is 12.6 Å². The summed E-state index contributed by atoms with van der Waals surface area (Å²) in [7, 11) is -4.17. The number of carbonyl (C=O) groups is 2. The third kappa shape index (κ3) is 7.87. The smallest absolute Gasteiger partial charge is 0.264 e. The average Bonchev–Trinajstić information content (AvgIpc) is 3.00. The van der Waals surface area contributed by atoms with E-state index in [4.69, 9.17) is 11.6 Å². The van der Waals surface area contributed by atoms with Gasteiger partial charge in [-0.1, -0.05) is 83.9 Å². The molecule has 0 aromatic heterocycles. The predicted molar refractivity (Wildman–Crippen MR) is 176 cm³/mol. The number of rotatable bonds is 12. The highest BCUT2D eigenvalue weighted by molar-refractivity contribution is 7.92. The molecule has 2 amide bonds. The number of benzene rings is 4. The number of likely N-dealkylation sites (N-methyl/N-ethyl adjacent to an activating group) is 1. The van der Waals surface area contributed by atoms with E-state index < -0.39 is 28.5 Å². The summed E-state index contributed by atoms with van der Waals surface area (Å²) in [5.74, 6) is -0.847. The fourth-order valence-corrected chi connectivity index (χ4v) is 6.72. The van der Waals surface area contributed by atoms with Gasteiger partial charge in [0.15, 0.2) is 0 Å². The molecule has 1 atom stereocenters. The molecule has 0 unspecified atom stereocenters. The summed E-state index contributed by atoms with van der Waals surface area (Å²) in [6.07, 6.45) is 0.243. The second-order valence-electron chi connectivity index (χ2n) is 10.8. The Hall–Kier alpha value is -4.14. The topological polar surface area (TPSA) is 86.8 Å². The van der Waals surface area contributed by atoms with Crippen molar-refractivity contribution in [3.63, 3.8) is 0 Å². The van der Waals surface area contributed by atoms with Crippen molar-refractivity contribution in [1.82, 2.24) is 10.2 Å². The van der Waals surface area contributed by atoms with Gasteiger partial charge in [0.25, 0.3) is 10.0 Å². The minimum atomic E-state index is -4.17. The minimum absolute atomic E-state index is 0.0548. The van der Waals surface area contributed by atoms with Gasteiger partial charge in [-0.25, -0.2) is 8.42 Å². The van der Waals surface area contributed by atoms with Crippen LogP contribution in [-0.2, 0) is 32.6 Å². The molecule has 9 heteroatoms. The number of hydrogen-bond donors (Lipinski definition) is 1. The van der Waals surface area contributed by atoms with E-state index in [-0.39, 0.29) is 23.8 Å². The van der Waals surface area contributed by atoms with Gasteiger partial charge in [-0.15, -0.1) is 0 Å². The van der Waals surface area contributed by atoms with E-state index in [1.54, 1.807) is 54.6 Å². The Morgan fingerprint density at radius 3 is 2.16 bits per heavy atom. The Balaban J connectivity index is 1.83. The fraction of sp³-hybridized carbons (Fsp3) is 0.257. The van der Waals surface area contributed by atoms with E-state index >= 15 is 0 Å². The van der Waals surface area contributed by atoms with Crippen molar-refractivity contribution in [3.05, 3.63) is 130 Å². The van der Waals surface area contributed by atoms with E-state index in [2.05, 4.69) is 5.32 Å². The first kappa shape index (κ1) is 32.8. The van der Waals surface area contributed by atoms with Crippen molar-refractivity contribution in [2.45, 2.75) is 51.6 Å². The van der Waals surface area contributed by atoms with Gasteiger partial charge in [-0.3, -0.25) is 13.9 Å². The molecule has 0 bridgehead atoms. The molecule has 1 N–H and O–H groups in total. The summed E-state index contributed by atoms with van der Waals surface area (Å²) in [5, 5.41) is 3.36. The van der Waals surface area contributed by atoms with Gasteiger partial charge < -0.3 is 10.2 Å². The second-order valence-corrected chi connectivity index (χ2v) is 13.1. The summed E-state index contributed by atoms with van der Waals surface area (Å²) in [6.45, 7) is 7.35. The Morgan fingerprint density at radius 1 is 0.841 bits per heavy atom. The fourth-order valence-electron chi connectivity index (χ4n) is 5.03. The van der Waals surface area contributed by atoms with Crippen molar-refractivity contribution in [2.75, 3.05) is 17.4 Å². The van der Waals surface area contributed by atoms with E-state index in [0.29, 0.717) is 22.8 Å². The monoisotopic (exact) mass is 631 g/mol. The third-order valence-corrected chi connectivity index (χ3v) is 9.61. The van der Waals surface area contributed by atoms with Gasteiger partial charge in [-0.2, -0.15) is 0 Å². The van der Waals surface area contributed by atoms with Crippen LogP contribution in [0.5, 0.6) is 0 Å². The highest BCUT2D eigenvalue weighted by atomic mass is 35.5. The number of hydrogen-bond acceptors (Lipinski definition) is 4. The van der Waals surface area contributed by atoms with Crippen LogP contribution in [0.25, 0.3) is 0 Å². The molecule has 0 aliphatic carbocycles. The van der Waals surface area contributed by atoms with Crippen LogP contribution < -0.4 is 9.62 Å².